The van der Waals surface area contributed by atoms with Crippen LogP contribution in [0.5, 0.6) is 0 Å². The Hall–Kier alpha value is 0.0783. The standard InChI is InChI=1S/C3H6O4.Mo/c4-1-2(5)3(6)7;/h2,4-5H,1H2,(H,6,7);. The molecule has 48 valence electrons. The molecule has 8 heavy (non-hydrogen) atoms. The van der Waals surface area contributed by atoms with Gasteiger partial charge in [-0.3, -0.25) is 0 Å². The fourth-order valence-corrected chi connectivity index (χ4v) is 0.0781. The van der Waals surface area contributed by atoms with Crippen molar-refractivity contribution in [1.29, 1.82) is 0 Å². The average Bonchev–Trinajstić information content (AvgIpc) is 1.65. The predicted molar refractivity (Wildman–Crippen MR) is 20.7 cm³/mol. The molecule has 0 amide bonds. The summed E-state index contributed by atoms with van der Waals surface area (Å²) in [5.74, 6) is -1.40. The molecule has 1 unspecified atom stereocenters. The quantitative estimate of drug-likeness (QED) is 0.472. The van der Waals surface area contributed by atoms with Gasteiger partial charge in [-0.2, -0.15) is 0 Å². The first-order chi connectivity index (χ1) is 3.18. The van der Waals surface area contributed by atoms with Crippen LogP contribution < -0.4 is 0 Å². The van der Waals surface area contributed by atoms with Crippen LogP contribution >= 0.6 is 0 Å². The van der Waals surface area contributed by atoms with E-state index in [9.17, 15) is 4.79 Å². The zero-order valence-electron chi connectivity index (χ0n) is 3.94. The van der Waals surface area contributed by atoms with Crippen LogP contribution in [0.2, 0.25) is 0 Å². The van der Waals surface area contributed by atoms with E-state index < -0.39 is 18.7 Å². The van der Waals surface area contributed by atoms with E-state index in [1.165, 1.54) is 0 Å². The number of aliphatic hydroxyl groups is 2. The maximum atomic E-state index is 9.52. The first kappa shape index (κ1) is 11.0. The molecular formula is C3H6MoO4. The van der Waals surface area contributed by atoms with Crippen molar-refractivity contribution in [3.8, 4) is 0 Å². The summed E-state index contributed by atoms with van der Waals surface area (Å²) in [5.41, 5.74) is 0. The van der Waals surface area contributed by atoms with Crippen molar-refractivity contribution in [3.63, 3.8) is 0 Å². The number of carbonyl (C=O) groups is 1. The Bertz CT molecular complexity index is 73.7. The Morgan fingerprint density at radius 2 is 2.00 bits per heavy atom. The SMILES string of the molecule is O=C(O)C(O)CO.[Mo]. The second kappa shape index (κ2) is 5.22. The maximum Gasteiger partial charge on any atom is 0.334 e. The van der Waals surface area contributed by atoms with Gasteiger partial charge in [0.2, 0.25) is 0 Å². The summed E-state index contributed by atoms with van der Waals surface area (Å²) >= 11 is 0. The third-order valence-corrected chi connectivity index (χ3v) is 0.458. The van der Waals surface area contributed by atoms with E-state index in [1.807, 2.05) is 0 Å². The number of aliphatic hydroxyl groups excluding tert-OH is 2. The van der Waals surface area contributed by atoms with Gasteiger partial charge in [0.15, 0.2) is 6.10 Å². The molecule has 0 fully saturated rings. The number of rotatable bonds is 2. The number of carboxylic acids is 1. The zero-order valence-corrected chi connectivity index (χ0v) is 5.95. The molecule has 0 saturated carbocycles. The summed E-state index contributed by atoms with van der Waals surface area (Å²) in [6.45, 7) is -0.727. The van der Waals surface area contributed by atoms with E-state index in [0.29, 0.717) is 0 Å². The van der Waals surface area contributed by atoms with Crippen LogP contribution in [0.25, 0.3) is 0 Å². The fourth-order valence-electron chi connectivity index (χ4n) is 0.0781. The van der Waals surface area contributed by atoms with Gasteiger partial charge in [0, 0.05) is 21.1 Å². The van der Waals surface area contributed by atoms with Crippen LogP contribution in [-0.2, 0) is 25.9 Å². The van der Waals surface area contributed by atoms with Crippen molar-refractivity contribution in [2.75, 3.05) is 6.61 Å². The molecule has 0 aromatic heterocycles. The summed E-state index contributed by atoms with van der Waals surface area (Å²) in [6, 6.07) is 0. The maximum absolute atomic E-state index is 9.52. The Labute approximate surface area is 60.4 Å². The second-order valence-electron chi connectivity index (χ2n) is 1.04. The number of carboxylic acid groups (broad SMARTS) is 1. The minimum Gasteiger partial charge on any atom is -0.479 e. The molecule has 0 heterocycles. The molecule has 0 rings (SSSR count). The van der Waals surface area contributed by atoms with Crippen molar-refractivity contribution in [2.45, 2.75) is 6.10 Å². The van der Waals surface area contributed by atoms with Crippen molar-refractivity contribution in [3.05, 3.63) is 0 Å². The molecule has 0 aromatic carbocycles. The molecule has 0 bridgehead atoms. The van der Waals surface area contributed by atoms with Gasteiger partial charge >= 0.3 is 5.97 Å². The summed E-state index contributed by atoms with van der Waals surface area (Å²) in [5, 5.41) is 23.7. The van der Waals surface area contributed by atoms with E-state index in [4.69, 9.17) is 15.3 Å². The smallest absolute Gasteiger partial charge is 0.334 e. The van der Waals surface area contributed by atoms with Crippen LogP contribution in [0.3, 0.4) is 0 Å². The third-order valence-electron chi connectivity index (χ3n) is 0.458. The van der Waals surface area contributed by atoms with Crippen molar-refractivity contribution in [2.24, 2.45) is 0 Å². The van der Waals surface area contributed by atoms with Gasteiger partial charge in [-0.25, -0.2) is 4.79 Å². The van der Waals surface area contributed by atoms with Crippen LogP contribution in [0.15, 0.2) is 0 Å². The Morgan fingerprint density at radius 1 is 1.62 bits per heavy atom. The van der Waals surface area contributed by atoms with E-state index in [-0.39, 0.29) is 21.1 Å². The summed E-state index contributed by atoms with van der Waals surface area (Å²) < 4.78 is 0. The second-order valence-corrected chi connectivity index (χ2v) is 1.04. The molecular weight excluding hydrogens is 196 g/mol. The summed E-state index contributed by atoms with van der Waals surface area (Å²) in [7, 11) is 0. The monoisotopic (exact) mass is 204 g/mol. The van der Waals surface area contributed by atoms with Crippen molar-refractivity contribution < 1.29 is 41.2 Å². The van der Waals surface area contributed by atoms with Gasteiger partial charge in [0.25, 0.3) is 0 Å². The van der Waals surface area contributed by atoms with E-state index in [2.05, 4.69) is 0 Å². The minimum absolute atomic E-state index is 0. The molecule has 0 aromatic rings. The Morgan fingerprint density at radius 3 is 2.00 bits per heavy atom. The Balaban J connectivity index is 0. The molecule has 0 aliphatic rings. The van der Waals surface area contributed by atoms with Crippen LogP contribution in [0.1, 0.15) is 0 Å². The van der Waals surface area contributed by atoms with Gasteiger partial charge < -0.3 is 15.3 Å². The first-order valence-corrected chi connectivity index (χ1v) is 1.70. The molecule has 3 N–H and O–H groups in total. The molecule has 0 aliphatic carbocycles. The van der Waals surface area contributed by atoms with E-state index in [1.54, 1.807) is 0 Å². The molecule has 0 radical (unpaired) electrons. The molecule has 5 heteroatoms. The van der Waals surface area contributed by atoms with Crippen LogP contribution in [0.4, 0.5) is 0 Å². The van der Waals surface area contributed by atoms with Gasteiger partial charge in [0.05, 0.1) is 6.61 Å². The zero-order chi connectivity index (χ0) is 5.86. The molecule has 4 nitrogen and oxygen atoms in total. The summed E-state index contributed by atoms with van der Waals surface area (Å²) in [6.07, 6.45) is -1.63. The molecule has 0 saturated heterocycles. The largest absolute Gasteiger partial charge is 0.479 e. The average molecular weight is 202 g/mol. The molecule has 0 aliphatic heterocycles. The van der Waals surface area contributed by atoms with Crippen LogP contribution in [-0.4, -0.2) is 34.0 Å². The van der Waals surface area contributed by atoms with Crippen LogP contribution in [0, 0.1) is 0 Å². The number of hydrogen-bond donors (Lipinski definition) is 3. The molecule has 1 atom stereocenters. The fraction of sp³-hybridized carbons (Fsp3) is 0.667. The molecule has 0 spiro atoms. The number of hydrogen-bond acceptors (Lipinski definition) is 3. The predicted octanol–water partition coefficient (Wildman–Crippen LogP) is -1.58. The van der Waals surface area contributed by atoms with Crippen molar-refractivity contribution >= 4 is 5.97 Å². The minimum atomic E-state index is -1.63. The third kappa shape index (κ3) is 4.24. The topological polar surface area (TPSA) is 77.8 Å². The van der Waals surface area contributed by atoms with Gasteiger partial charge in [-0.15, -0.1) is 0 Å². The van der Waals surface area contributed by atoms with E-state index >= 15 is 0 Å². The first-order valence-electron chi connectivity index (χ1n) is 1.70. The van der Waals surface area contributed by atoms with Crippen molar-refractivity contribution in [1.82, 2.24) is 0 Å². The van der Waals surface area contributed by atoms with Gasteiger partial charge in [-0.05, 0) is 0 Å². The normalized spacial score (nSPS) is 11.8. The van der Waals surface area contributed by atoms with E-state index in [0.717, 1.165) is 0 Å². The summed E-state index contributed by atoms with van der Waals surface area (Å²) in [4.78, 5) is 9.52. The Kier molecular flexibility index (Phi) is 7.15. The number of aliphatic carboxylic acids is 1. The van der Waals surface area contributed by atoms with Gasteiger partial charge in [0.1, 0.15) is 0 Å². The van der Waals surface area contributed by atoms with Gasteiger partial charge in [-0.1, -0.05) is 0 Å².